The molecule has 2 fully saturated rings. The molecule has 1 N–H and O–H groups in total. The standard InChI is InChI=1S/C27H37N5O4/c1-18-14-24-22(25-23(26(33)29-24)16-28-32(25)19-7-12-36-13-8-19)15-21(18)27(34)31-10-6-20(17-31)30(2)9-4-5-11-35-3/h14-16,19-20H,4-13,17H2,1-3H3,(H,29,33)/t20-/m0/s1. The van der Waals surface area contributed by atoms with Crippen LogP contribution in [0.15, 0.2) is 23.1 Å². The van der Waals surface area contributed by atoms with Gasteiger partial charge in [0.05, 0.1) is 28.7 Å². The summed E-state index contributed by atoms with van der Waals surface area (Å²) in [7, 11) is 3.89. The van der Waals surface area contributed by atoms with Crippen molar-refractivity contribution < 1.29 is 14.3 Å². The first-order valence-electron chi connectivity index (χ1n) is 13.1. The number of H-pyrrole nitrogens is 1. The van der Waals surface area contributed by atoms with Gasteiger partial charge in [-0.15, -0.1) is 0 Å². The number of unbranched alkanes of at least 4 members (excludes halogenated alkanes) is 1. The van der Waals surface area contributed by atoms with Crippen molar-refractivity contribution in [3.05, 3.63) is 39.8 Å². The van der Waals surface area contributed by atoms with Gasteiger partial charge in [-0.3, -0.25) is 14.3 Å². The van der Waals surface area contributed by atoms with Gasteiger partial charge in [-0.05, 0) is 70.3 Å². The molecule has 1 aromatic carbocycles. The van der Waals surface area contributed by atoms with Gasteiger partial charge in [0.2, 0.25) is 0 Å². The van der Waals surface area contributed by atoms with E-state index < -0.39 is 0 Å². The molecule has 1 amide bonds. The van der Waals surface area contributed by atoms with Gasteiger partial charge in [-0.1, -0.05) is 0 Å². The molecule has 3 aromatic rings. The van der Waals surface area contributed by atoms with Gasteiger partial charge in [0, 0.05) is 57.0 Å². The number of likely N-dealkylation sites (tertiary alicyclic amines) is 1. The van der Waals surface area contributed by atoms with Crippen LogP contribution in [0.4, 0.5) is 0 Å². The molecule has 2 saturated heterocycles. The summed E-state index contributed by atoms with van der Waals surface area (Å²) < 4.78 is 12.7. The number of aromatic amines is 1. The summed E-state index contributed by atoms with van der Waals surface area (Å²) in [4.78, 5) is 33.9. The Labute approximate surface area is 211 Å². The Bertz CT molecular complexity index is 1290. The lowest BCUT2D eigenvalue weighted by Gasteiger charge is -2.25. The molecule has 0 radical (unpaired) electrons. The van der Waals surface area contributed by atoms with Gasteiger partial charge in [0.15, 0.2) is 0 Å². The lowest BCUT2D eigenvalue weighted by atomic mass is 10.0. The molecule has 2 aliphatic heterocycles. The number of aromatic nitrogens is 3. The number of pyridine rings is 1. The zero-order valence-electron chi connectivity index (χ0n) is 21.6. The number of nitrogens with zero attached hydrogens (tertiary/aromatic N) is 4. The Morgan fingerprint density at radius 2 is 2.03 bits per heavy atom. The molecule has 9 heteroatoms. The van der Waals surface area contributed by atoms with E-state index in [1.807, 2.05) is 28.6 Å². The number of aryl methyl sites for hydroxylation is 1. The molecule has 2 aliphatic rings. The van der Waals surface area contributed by atoms with E-state index in [9.17, 15) is 9.59 Å². The van der Waals surface area contributed by atoms with Crippen LogP contribution < -0.4 is 5.56 Å². The highest BCUT2D eigenvalue weighted by molar-refractivity contribution is 6.07. The quantitative estimate of drug-likeness (QED) is 0.483. The summed E-state index contributed by atoms with van der Waals surface area (Å²) in [6, 6.07) is 4.45. The molecular formula is C27H37N5O4. The first kappa shape index (κ1) is 24.9. The summed E-state index contributed by atoms with van der Waals surface area (Å²) in [5, 5.41) is 6.03. The molecule has 194 valence electrons. The minimum absolute atomic E-state index is 0.0566. The average molecular weight is 496 g/mol. The molecule has 0 aliphatic carbocycles. The molecule has 9 nitrogen and oxygen atoms in total. The van der Waals surface area contributed by atoms with Crippen LogP contribution in [0.1, 0.15) is 54.1 Å². The normalized spacial score (nSPS) is 19.2. The molecule has 4 heterocycles. The van der Waals surface area contributed by atoms with E-state index in [-0.39, 0.29) is 17.5 Å². The minimum atomic E-state index is -0.148. The maximum absolute atomic E-state index is 13.7. The van der Waals surface area contributed by atoms with Gasteiger partial charge in [0.1, 0.15) is 0 Å². The van der Waals surface area contributed by atoms with Crippen LogP contribution in [0.2, 0.25) is 0 Å². The predicted octanol–water partition coefficient (Wildman–Crippen LogP) is 3.11. The Hall–Kier alpha value is -2.75. The minimum Gasteiger partial charge on any atom is -0.385 e. The third-order valence-corrected chi connectivity index (χ3v) is 7.86. The maximum atomic E-state index is 13.7. The third kappa shape index (κ3) is 4.79. The Balaban J connectivity index is 1.43. The van der Waals surface area contributed by atoms with Crippen molar-refractivity contribution in [2.75, 3.05) is 53.6 Å². The number of amides is 1. The number of methoxy groups -OCH3 is 1. The molecule has 5 rings (SSSR count). The zero-order valence-corrected chi connectivity index (χ0v) is 21.6. The van der Waals surface area contributed by atoms with Crippen LogP contribution in [0.25, 0.3) is 21.8 Å². The van der Waals surface area contributed by atoms with E-state index in [4.69, 9.17) is 9.47 Å². The van der Waals surface area contributed by atoms with Crippen molar-refractivity contribution in [3.63, 3.8) is 0 Å². The fourth-order valence-corrected chi connectivity index (χ4v) is 5.68. The van der Waals surface area contributed by atoms with Gasteiger partial charge in [-0.25, -0.2) is 0 Å². The van der Waals surface area contributed by atoms with Crippen molar-refractivity contribution in [1.29, 1.82) is 0 Å². The summed E-state index contributed by atoms with van der Waals surface area (Å²) in [5.74, 6) is 0.0566. The Kier molecular flexibility index (Phi) is 7.41. The molecule has 2 aromatic heterocycles. The van der Waals surface area contributed by atoms with Crippen molar-refractivity contribution in [3.8, 4) is 0 Å². The van der Waals surface area contributed by atoms with E-state index in [1.165, 1.54) is 0 Å². The Morgan fingerprint density at radius 3 is 2.81 bits per heavy atom. The smallest absolute Gasteiger partial charge is 0.259 e. The second-order valence-electron chi connectivity index (χ2n) is 10.2. The number of carbonyl (C=O) groups is 1. The highest BCUT2D eigenvalue weighted by Gasteiger charge is 2.30. The highest BCUT2D eigenvalue weighted by Crippen LogP contribution is 2.30. The summed E-state index contributed by atoms with van der Waals surface area (Å²) in [6.07, 6.45) is 6.49. The number of ether oxygens (including phenoxy) is 2. The van der Waals surface area contributed by atoms with Gasteiger partial charge >= 0.3 is 0 Å². The van der Waals surface area contributed by atoms with E-state index in [2.05, 4.69) is 22.0 Å². The van der Waals surface area contributed by atoms with Crippen LogP contribution in [0.5, 0.6) is 0 Å². The second kappa shape index (κ2) is 10.7. The van der Waals surface area contributed by atoms with Crippen molar-refractivity contribution >= 4 is 27.7 Å². The fraction of sp³-hybridized carbons (Fsp3) is 0.593. The number of nitrogens with one attached hydrogen (secondary N) is 1. The average Bonchev–Trinajstić information content (AvgIpc) is 3.55. The summed E-state index contributed by atoms with van der Waals surface area (Å²) in [5.41, 5.74) is 2.97. The van der Waals surface area contributed by atoms with Gasteiger partial charge < -0.3 is 24.3 Å². The molecular weight excluding hydrogens is 458 g/mol. The third-order valence-electron chi connectivity index (χ3n) is 7.86. The van der Waals surface area contributed by atoms with Crippen LogP contribution in [0, 0.1) is 6.92 Å². The Morgan fingerprint density at radius 1 is 1.22 bits per heavy atom. The number of fused-ring (bicyclic) bond motifs is 3. The molecule has 0 unspecified atom stereocenters. The predicted molar refractivity (Wildman–Crippen MR) is 140 cm³/mol. The second-order valence-corrected chi connectivity index (χ2v) is 10.2. The number of benzene rings is 1. The largest absolute Gasteiger partial charge is 0.385 e. The van der Waals surface area contributed by atoms with E-state index >= 15 is 0 Å². The fourth-order valence-electron chi connectivity index (χ4n) is 5.68. The lowest BCUT2D eigenvalue weighted by molar-refractivity contribution is 0.0675. The first-order chi connectivity index (χ1) is 17.5. The van der Waals surface area contributed by atoms with Crippen LogP contribution in [-0.4, -0.2) is 90.1 Å². The number of carbonyl (C=O) groups excluding carboxylic acids is 1. The number of likely N-dealkylation sites (N-methyl/N-ethyl adjacent to an activating group) is 1. The first-order valence-corrected chi connectivity index (χ1v) is 13.1. The number of rotatable bonds is 8. The summed E-state index contributed by atoms with van der Waals surface area (Å²) in [6.45, 7) is 6.60. The monoisotopic (exact) mass is 495 g/mol. The molecule has 1 atom stereocenters. The molecule has 36 heavy (non-hydrogen) atoms. The van der Waals surface area contributed by atoms with Gasteiger partial charge in [0.25, 0.3) is 11.5 Å². The zero-order chi connectivity index (χ0) is 25.2. The van der Waals surface area contributed by atoms with Crippen molar-refractivity contribution in [2.24, 2.45) is 0 Å². The van der Waals surface area contributed by atoms with Crippen molar-refractivity contribution in [1.82, 2.24) is 24.6 Å². The van der Waals surface area contributed by atoms with Gasteiger partial charge in [-0.2, -0.15) is 5.10 Å². The van der Waals surface area contributed by atoms with Crippen LogP contribution >= 0.6 is 0 Å². The molecule has 0 spiro atoms. The molecule has 0 saturated carbocycles. The summed E-state index contributed by atoms with van der Waals surface area (Å²) >= 11 is 0. The SMILES string of the molecule is COCCCCN(C)[C@H]1CCN(C(=O)c2cc3c(cc2C)[nH]c(=O)c2cnn(C4CCOCC4)c23)C1. The van der Waals surface area contributed by atoms with Crippen molar-refractivity contribution in [2.45, 2.75) is 51.1 Å². The van der Waals surface area contributed by atoms with E-state index in [0.29, 0.717) is 30.2 Å². The molecule has 0 bridgehead atoms. The lowest BCUT2D eigenvalue weighted by Crippen LogP contribution is -2.37. The van der Waals surface area contributed by atoms with E-state index in [0.717, 1.165) is 80.3 Å². The number of hydrogen-bond donors (Lipinski definition) is 1. The number of hydrogen-bond acceptors (Lipinski definition) is 6. The van der Waals surface area contributed by atoms with E-state index in [1.54, 1.807) is 13.3 Å². The maximum Gasteiger partial charge on any atom is 0.259 e. The highest BCUT2D eigenvalue weighted by atomic mass is 16.5. The van der Waals surface area contributed by atoms with Crippen LogP contribution in [-0.2, 0) is 9.47 Å². The van der Waals surface area contributed by atoms with Crippen LogP contribution in [0.3, 0.4) is 0 Å². The topological polar surface area (TPSA) is 92.7 Å².